The molecule has 2 aromatic carbocycles. The minimum absolute atomic E-state index is 0.225. The highest BCUT2D eigenvalue weighted by molar-refractivity contribution is 7.94. The maximum Gasteiger partial charge on any atom is 0.271 e. The lowest BCUT2D eigenvalue weighted by Crippen LogP contribution is -2.13. The van der Waals surface area contributed by atoms with E-state index in [0.717, 1.165) is 16.9 Å². The van der Waals surface area contributed by atoms with Crippen molar-refractivity contribution in [3.63, 3.8) is 0 Å². The minimum atomic E-state index is -3.63. The topological polar surface area (TPSA) is 114 Å². The van der Waals surface area contributed by atoms with E-state index in [-0.39, 0.29) is 15.5 Å². The standard InChI is InChI=1S/C23H22N4O4S2/c1-23(2,3)22-25-20(26-31-22)15-6-10-17(11-7-15)24-21(28)16-8-12-18(13-9-16)27-33(29,30)19-5-4-14-32-19/h4-14,27H,1-3H3,(H,24,28). The molecule has 0 saturated heterocycles. The van der Waals surface area contributed by atoms with Crippen LogP contribution in [0, 0.1) is 0 Å². The van der Waals surface area contributed by atoms with Gasteiger partial charge in [-0.1, -0.05) is 32.0 Å². The summed E-state index contributed by atoms with van der Waals surface area (Å²) in [6.07, 6.45) is 0. The van der Waals surface area contributed by atoms with E-state index in [4.69, 9.17) is 4.52 Å². The molecule has 170 valence electrons. The molecule has 33 heavy (non-hydrogen) atoms. The Morgan fingerprint density at radius 1 is 0.970 bits per heavy atom. The Hall–Kier alpha value is -3.50. The third-order valence-electron chi connectivity index (χ3n) is 4.63. The number of thiophene rings is 1. The summed E-state index contributed by atoms with van der Waals surface area (Å²) in [5, 5.41) is 8.53. The number of hydrogen-bond donors (Lipinski definition) is 2. The van der Waals surface area contributed by atoms with Crippen LogP contribution in [0.15, 0.2) is 74.8 Å². The molecule has 10 heteroatoms. The van der Waals surface area contributed by atoms with Crippen molar-refractivity contribution in [1.29, 1.82) is 0 Å². The molecule has 0 unspecified atom stereocenters. The lowest BCUT2D eigenvalue weighted by atomic mass is 9.97. The second-order valence-corrected chi connectivity index (χ2v) is 11.2. The maximum atomic E-state index is 12.6. The van der Waals surface area contributed by atoms with E-state index < -0.39 is 10.0 Å². The van der Waals surface area contributed by atoms with Gasteiger partial charge in [0.25, 0.3) is 15.9 Å². The van der Waals surface area contributed by atoms with Gasteiger partial charge in [-0.15, -0.1) is 11.3 Å². The number of hydrogen-bond acceptors (Lipinski definition) is 7. The van der Waals surface area contributed by atoms with Crippen molar-refractivity contribution in [3.05, 3.63) is 77.5 Å². The molecule has 0 aliphatic carbocycles. The van der Waals surface area contributed by atoms with Gasteiger partial charge in [-0.25, -0.2) is 8.42 Å². The van der Waals surface area contributed by atoms with Crippen molar-refractivity contribution in [1.82, 2.24) is 10.1 Å². The first-order chi connectivity index (χ1) is 15.6. The van der Waals surface area contributed by atoms with Gasteiger partial charge in [-0.3, -0.25) is 9.52 Å². The maximum absolute atomic E-state index is 12.6. The van der Waals surface area contributed by atoms with Gasteiger partial charge in [0.15, 0.2) is 0 Å². The van der Waals surface area contributed by atoms with Crippen LogP contribution in [0.4, 0.5) is 11.4 Å². The Balaban J connectivity index is 1.40. The molecule has 4 aromatic rings. The SMILES string of the molecule is CC(C)(C)c1nc(-c2ccc(NC(=O)c3ccc(NS(=O)(=O)c4cccs4)cc3)cc2)no1. The summed E-state index contributed by atoms with van der Waals surface area (Å²) < 4.78 is 32.7. The zero-order chi connectivity index (χ0) is 23.6. The van der Waals surface area contributed by atoms with Crippen LogP contribution in [0.1, 0.15) is 37.0 Å². The zero-order valence-corrected chi connectivity index (χ0v) is 19.8. The van der Waals surface area contributed by atoms with Gasteiger partial charge < -0.3 is 9.84 Å². The summed E-state index contributed by atoms with van der Waals surface area (Å²) in [7, 11) is -3.63. The molecule has 2 aromatic heterocycles. The van der Waals surface area contributed by atoms with Gasteiger partial charge in [-0.05, 0) is 60.0 Å². The molecular weight excluding hydrogens is 460 g/mol. The number of benzene rings is 2. The number of aromatic nitrogens is 2. The molecule has 1 amide bonds. The highest BCUT2D eigenvalue weighted by Crippen LogP contribution is 2.25. The molecule has 2 heterocycles. The fraction of sp³-hybridized carbons (Fsp3) is 0.174. The van der Waals surface area contributed by atoms with E-state index in [2.05, 4.69) is 20.2 Å². The molecule has 0 atom stereocenters. The Labute approximate surface area is 195 Å². The van der Waals surface area contributed by atoms with Crippen molar-refractivity contribution in [2.75, 3.05) is 10.0 Å². The van der Waals surface area contributed by atoms with Gasteiger partial charge in [0, 0.05) is 27.9 Å². The molecule has 4 rings (SSSR count). The Bertz CT molecular complexity index is 1350. The monoisotopic (exact) mass is 482 g/mol. The average molecular weight is 483 g/mol. The second kappa shape index (κ2) is 8.80. The predicted octanol–water partition coefficient (Wildman–Crippen LogP) is 5.15. The first kappa shape index (κ1) is 22.7. The summed E-state index contributed by atoms with van der Waals surface area (Å²) in [6.45, 7) is 5.98. The van der Waals surface area contributed by atoms with E-state index in [1.54, 1.807) is 60.0 Å². The predicted molar refractivity (Wildman–Crippen MR) is 128 cm³/mol. The molecular formula is C23H22N4O4S2. The van der Waals surface area contributed by atoms with Crippen molar-refractivity contribution in [3.8, 4) is 11.4 Å². The third-order valence-corrected chi connectivity index (χ3v) is 7.41. The largest absolute Gasteiger partial charge is 0.338 e. The highest BCUT2D eigenvalue weighted by atomic mass is 32.2. The summed E-state index contributed by atoms with van der Waals surface area (Å²) >= 11 is 1.13. The molecule has 0 aliphatic rings. The van der Waals surface area contributed by atoms with Crippen LogP contribution in [-0.2, 0) is 15.4 Å². The van der Waals surface area contributed by atoms with E-state index in [1.165, 1.54) is 6.07 Å². The van der Waals surface area contributed by atoms with Gasteiger partial charge in [-0.2, -0.15) is 4.98 Å². The number of rotatable bonds is 6. The minimum Gasteiger partial charge on any atom is -0.338 e. The van der Waals surface area contributed by atoms with Gasteiger partial charge in [0.1, 0.15) is 4.21 Å². The summed E-state index contributed by atoms with van der Waals surface area (Å²) in [4.78, 5) is 17.0. The number of nitrogens with zero attached hydrogens (tertiary/aromatic N) is 2. The zero-order valence-electron chi connectivity index (χ0n) is 18.2. The fourth-order valence-electron chi connectivity index (χ4n) is 2.86. The van der Waals surface area contributed by atoms with E-state index in [1.807, 2.05) is 20.8 Å². The molecule has 0 aliphatic heterocycles. The molecule has 0 saturated carbocycles. The van der Waals surface area contributed by atoms with Crippen molar-refractivity contribution < 1.29 is 17.7 Å². The smallest absolute Gasteiger partial charge is 0.271 e. The number of carbonyl (C=O) groups is 1. The number of amides is 1. The van der Waals surface area contributed by atoms with Crippen LogP contribution in [0.5, 0.6) is 0 Å². The van der Waals surface area contributed by atoms with Crippen LogP contribution in [0.25, 0.3) is 11.4 Å². The Kier molecular flexibility index (Phi) is 6.05. The van der Waals surface area contributed by atoms with Gasteiger partial charge in [0.05, 0.1) is 0 Å². The molecule has 0 radical (unpaired) electrons. The number of nitrogens with one attached hydrogen (secondary N) is 2. The lowest BCUT2D eigenvalue weighted by molar-refractivity contribution is 0.102. The number of sulfonamides is 1. The third kappa shape index (κ3) is 5.29. The first-order valence-electron chi connectivity index (χ1n) is 10.0. The molecule has 0 spiro atoms. The Morgan fingerprint density at radius 2 is 1.64 bits per heavy atom. The van der Waals surface area contributed by atoms with Crippen LogP contribution in [-0.4, -0.2) is 24.5 Å². The van der Waals surface area contributed by atoms with Crippen molar-refractivity contribution >= 4 is 38.6 Å². The Morgan fingerprint density at radius 3 is 2.21 bits per heavy atom. The number of anilines is 2. The van der Waals surface area contributed by atoms with E-state index in [0.29, 0.717) is 28.7 Å². The highest BCUT2D eigenvalue weighted by Gasteiger charge is 2.22. The summed E-state index contributed by atoms with van der Waals surface area (Å²) in [5.74, 6) is 0.722. The van der Waals surface area contributed by atoms with E-state index in [9.17, 15) is 13.2 Å². The quantitative estimate of drug-likeness (QED) is 0.393. The summed E-state index contributed by atoms with van der Waals surface area (Å²) in [6, 6.07) is 16.5. The normalized spacial score (nSPS) is 11.8. The molecule has 0 bridgehead atoms. The second-order valence-electron chi connectivity index (χ2n) is 8.32. The van der Waals surface area contributed by atoms with Gasteiger partial charge in [0.2, 0.25) is 11.7 Å². The fourth-order valence-corrected chi connectivity index (χ4v) is 4.91. The molecule has 2 N–H and O–H groups in total. The van der Waals surface area contributed by atoms with Crippen molar-refractivity contribution in [2.45, 2.75) is 30.4 Å². The van der Waals surface area contributed by atoms with Crippen molar-refractivity contribution in [2.24, 2.45) is 0 Å². The molecule has 8 nitrogen and oxygen atoms in total. The number of carbonyl (C=O) groups excluding carboxylic acids is 1. The molecule has 0 fully saturated rings. The van der Waals surface area contributed by atoms with Crippen LogP contribution in [0.2, 0.25) is 0 Å². The lowest BCUT2D eigenvalue weighted by Gasteiger charge is -2.10. The van der Waals surface area contributed by atoms with Gasteiger partial charge >= 0.3 is 0 Å². The van der Waals surface area contributed by atoms with Crippen LogP contribution in [0.3, 0.4) is 0 Å². The van der Waals surface area contributed by atoms with Crippen LogP contribution < -0.4 is 10.0 Å². The first-order valence-corrected chi connectivity index (χ1v) is 12.4. The summed E-state index contributed by atoms with van der Waals surface area (Å²) in [5.41, 5.74) is 1.91. The van der Waals surface area contributed by atoms with E-state index >= 15 is 0 Å². The average Bonchev–Trinajstić information content (AvgIpc) is 3.47. The van der Waals surface area contributed by atoms with Crippen LogP contribution >= 0.6 is 11.3 Å².